The minimum absolute atomic E-state index is 0.0102. The lowest BCUT2D eigenvalue weighted by molar-refractivity contribution is -0.274. The van der Waals surface area contributed by atoms with Crippen LogP contribution in [0.3, 0.4) is 0 Å². The lowest BCUT2D eigenvalue weighted by Gasteiger charge is -2.24. The van der Waals surface area contributed by atoms with Gasteiger partial charge in [-0.2, -0.15) is 10.1 Å². The lowest BCUT2D eigenvalue weighted by atomic mass is 9.90. The summed E-state index contributed by atoms with van der Waals surface area (Å²) in [6.45, 7) is 5.23. The number of benzene rings is 1. The van der Waals surface area contributed by atoms with Crippen LogP contribution in [0.15, 0.2) is 35.6 Å². The average Bonchev–Trinajstić information content (AvgIpc) is 3.21. The maximum absolute atomic E-state index is 13.2. The molecule has 9 nitrogen and oxygen atoms in total. The third-order valence-electron chi connectivity index (χ3n) is 5.70. The number of rotatable bonds is 8. The van der Waals surface area contributed by atoms with Crippen LogP contribution in [0.4, 0.5) is 36.3 Å². The van der Waals surface area contributed by atoms with Crippen molar-refractivity contribution < 1.29 is 22.1 Å². The summed E-state index contributed by atoms with van der Waals surface area (Å²) in [6, 6.07) is 4.71. The zero-order valence-electron chi connectivity index (χ0n) is 20.4. The Labute approximate surface area is 219 Å². The Morgan fingerprint density at radius 2 is 1.95 bits per heavy atom. The Hall–Kier alpha value is -2.90. The van der Waals surface area contributed by atoms with E-state index in [-0.39, 0.29) is 39.4 Å². The number of hydrogen-bond acceptors (Lipinski definition) is 8. The lowest BCUT2D eigenvalue weighted by Crippen LogP contribution is -2.26. The van der Waals surface area contributed by atoms with Crippen LogP contribution in [-0.4, -0.2) is 48.7 Å². The molecule has 0 spiro atoms. The minimum atomic E-state index is -4.88. The van der Waals surface area contributed by atoms with Crippen LogP contribution in [0.5, 0.6) is 5.75 Å². The summed E-state index contributed by atoms with van der Waals surface area (Å²) in [4.78, 5) is 8.42. The molecule has 4 rings (SSSR count). The largest absolute Gasteiger partial charge is 0.573 e. The quantitative estimate of drug-likeness (QED) is 0.346. The Morgan fingerprint density at radius 3 is 2.62 bits per heavy atom. The molecule has 3 aromatic rings. The van der Waals surface area contributed by atoms with Gasteiger partial charge in [0.25, 0.3) is 0 Å². The highest BCUT2D eigenvalue weighted by molar-refractivity contribution is 7.85. The van der Waals surface area contributed by atoms with Gasteiger partial charge in [-0.3, -0.25) is 8.89 Å². The smallest absolute Gasteiger partial charge is 0.404 e. The monoisotopic (exact) mass is 557 g/mol. The molecule has 2 aromatic heterocycles. The van der Waals surface area contributed by atoms with Crippen molar-refractivity contribution in [3.05, 3.63) is 41.2 Å². The van der Waals surface area contributed by atoms with Gasteiger partial charge in [-0.15, -0.1) is 13.2 Å². The molecule has 14 heteroatoms. The molecule has 0 bridgehead atoms. The zero-order valence-corrected chi connectivity index (χ0v) is 22.0. The van der Waals surface area contributed by atoms with Crippen LogP contribution in [-0.2, 0) is 17.8 Å². The number of nitrogens with one attached hydrogen (secondary N) is 3. The zero-order chi connectivity index (χ0) is 26.7. The highest BCUT2D eigenvalue weighted by Gasteiger charge is 2.33. The van der Waals surface area contributed by atoms with Crippen LogP contribution in [0.1, 0.15) is 38.2 Å². The second-order valence-corrected chi connectivity index (χ2v) is 11.2. The van der Waals surface area contributed by atoms with Gasteiger partial charge in [0.2, 0.25) is 5.95 Å². The van der Waals surface area contributed by atoms with Crippen LogP contribution >= 0.6 is 11.6 Å². The summed E-state index contributed by atoms with van der Waals surface area (Å²) in [5, 5.41) is 13.6. The topological polar surface area (TPSA) is 106 Å². The number of piperidine rings is 1. The molecule has 1 aliphatic heterocycles. The first kappa shape index (κ1) is 27.1. The molecule has 1 atom stereocenters. The van der Waals surface area contributed by atoms with Crippen molar-refractivity contribution in [2.24, 2.45) is 7.05 Å². The second-order valence-electron chi connectivity index (χ2n) is 8.84. The molecule has 1 fully saturated rings. The van der Waals surface area contributed by atoms with Crippen molar-refractivity contribution in [3.63, 3.8) is 0 Å². The van der Waals surface area contributed by atoms with E-state index >= 15 is 0 Å². The molecule has 3 N–H and O–H groups in total. The number of alkyl halides is 3. The highest BCUT2D eigenvalue weighted by Crippen LogP contribution is 2.37. The normalized spacial score (nSPS) is 15.6. The van der Waals surface area contributed by atoms with Gasteiger partial charge in [0.1, 0.15) is 5.02 Å². The SMILES string of the molecule is CC(C)S(=O)c1nn(C)cc1Nc1nc(Nc2ccc(C3CCNCC3)cc2OC(F)(F)F)ncc1Cl. The molecular formula is C23H27ClF3N7O2S. The number of aryl methyl sites for hydroxylation is 1. The third-order valence-corrected chi connectivity index (χ3v) is 7.51. The number of hydrogen-bond donors (Lipinski definition) is 3. The van der Waals surface area contributed by atoms with Crippen molar-refractivity contribution in [3.8, 4) is 5.75 Å². The molecule has 3 heterocycles. The number of aromatic nitrogens is 4. The standard InChI is InChI=1S/C23H27ClF3N7O2S/c1-13(2)37(35)21-18(12-34(3)33-21)30-20-16(24)11-29-22(32-20)31-17-5-4-15(14-6-8-28-9-7-14)10-19(17)36-23(25,26)27/h4-5,10-14,28H,6-9H2,1-3H3,(H2,29,30,31,32). The van der Waals surface area contributed by atoms with E-state index in [1.807, 2.05) is 13.8 Å². The number of nitrogens with zero attached hydrogens (tertiary/aromatic N) is 4. The first-order valence-electron chi connectivity index (χ1n) is 11.6. The van der Waals surface area contributed by atoms with E-state index in [0.717, 1.165) is 31.5 Å². The molecule has 1 aliphatic rings. The molecule has 200 valence electrons. The fourth-order valence-electron chi connectivity index (χ4n) is 3.95. The third kappa shape index (κ3) is 6.90. The second kappa shape index (κ2) is 11.2. The van der Waals surface area contributed by atoms with E-state index in [1.165, 1.54) is 23.0 Å². The molecular weight excluding hydrogens is 531 g/mol. The Balaban J connectivity index is 1.62. The van der Waals surface area contributed by atoms with Gasteiger partial charge in [0.15, 0.2) is 16.6 Å². The van der Waals surface area contributed by atoms with Gasteiger partial charge in [0.05, 0.1) is 28.4 Å². The highest BCUT2D eigenvalue weighted by atomic mass is 35.5. The fraction of sp³-hybridized carbons (Fsp3) is 0.435. The Kier molecular flexibility index (Phi) is 8.24. The van der Waals surface area contributed by atoms with E-state index in [2.05, 4.69) is 35.8 Å². The van der Waals surface area contributed by atoms with Gasteiger partial charge in [-0.05, 0) is 49.5 Å². The molecule has 0 aliphatic carbocycles. The van der Waals surface area contributed by atoms with Crippen LogP contribution < -0.4 is 20.7 Å². The number of ether oxygens (including phenoxy) is 1. The summed E-state index contributed by atoms with van der Waals surface area (Å²) in [6.07, 6.45) is -0.283. The molecule has 0 radical (unpaired) electrons. The van der Waals surface area contributed by atoms with Crippen LogP contribution in [0, 0.1) is 0 Å². The van der Waals surface area contributed by atoms with Crippen molar-refractivity contribution >= 4 is 45.5 Å². The maximum atomic E-state index is 13.2. The number of anilines is 4. The predicted molar refractivity (Wildman–Crippen MR) is 136 cm³/mol. The Bertz CT molecular complexity index is 1280. The van der Waals surface area contributed by atoms with E-state index in [9.17, 15) is 17.4 Å². The first-order chi connectivity index (χ1) is 17.5. The fourth-order valence-corrected chi connectivity index (χ4v) is 5.06. The molecule has 1 aromatic carbocycles. The minimum Gasteiger partial charge on any atom is -0.404 e. The van der Waals surface area contributed by atoms with Gasteiger partial charge >= 0.3 is 6.36 Å². The molecule has 1 unspecified atom stereocenters. The molecule has 0 saturated carbocycles. The molecule has 1 saturated heterocycles. The Morgan fingerprint density at radius 1 is 1.22 bits per heavy atom. The van der Waals surface area contributed by atoms with E-state index in [4.69, 9.17) is 11.6 Å². The van der Waals surface area contributed by atoms with Crippen LogP contribution in [0.2, 0.25) is 5.02 Å². The number of halogens is 4. The van der Waals surface area contributed by atoms with Crippen molar-refractivity contribution in [1.29, 1.82) is 0 Å². The van der Waals surface area contributed by atoms with Crippen LogP contribution in [0.25, 0.3) is 0 Å². The van der Waals surface area contributed by atoms with Crippen molar-refractivity contribution in [1.82, 2.24) is 25.1 Å². The van der Waals surface area contributed by atoms with Gasteiger partial charge in [-0.1, -0.05) is 31.5 Å². The summed E-state index contributed by atoms with van der Waals surface area (Å²) in [7, 11) is 0.307. The van der Waals surface area contributed by atoms with Crippen molar-refractivity contribution in [2.45, 2.75) is 49.2 Å². The predicted octanol–water partition coefficient (Wildman–Crippen LogP) is 5.23. The van der Waals surface area contributed by atoms with Gasteiger partial charge in [0, 0.05) is 18.5 Å². The maximum Gasteiger partial charge on any atom is 0.573 e. The average molecular weight is 558 g/mol. The summed E-state index contributed by atoms with van der Waals surface area (Å²) >= 11 is 6.28. The van der Waals surface area contributed by atoms with Crippen molar-refractivity contribution in [2.75, 3.05) is 23.7 Å². The van der Waals surface area contributed by atoms with E-state index in [1.54, 1.807) is 19.3 Å². The molecule has 37 heavy (non-hydrogen) atoms. The van der Waals surface area contributed by atoms with Gasteiger partial charge < -0.3 is 20.7 Å². The van der Waals surface area contributed by atoms with E-state index < -0.39 is 17.2 Å². The van der Waals surface area contributed by atoms with E-state index in [0.29, 0.717) is 10.7 Å². The summed E-state index contributed by atoms with van der Waals surface area (Å²) in [5.74, 6) is -0.0836. The summed E-state index contributed by atoms with van der Waals surface area (Å²) < 4.78 is 58.1. The molecule has 0 amide bonds. The van der Waals surface area contributed by atoms with Gasteiger partial charge in [-0.25, -0.2) is 4.98 Å². The summed E-state index contributed by atoms with van der Waals surface area (Å²) in [5.41, 5.74) is 1.26. The first-order valence-corrected chi connectivity index (χ1v) is 13.2.